The Kier molecular flexibility index (Phi) is 23.4. The highest BCUT2D eigenvalue weighted by Crippen LogP contribution is 2.32. The molecule has 494 valence electrons. The first kappa shape index (κ1) is 68.8. The zero-order valence-corrected chi connectivity index (χ0v) is 54.0. The SMILES string of the molecule is C1CCOC1.COc1cncc(-c2cn(-c3c(F)ccc(Br)c3F)nn2)c1.COc1cncc(-c2cn(-c3c(F)ccc(N)c3F)nn2)c1.COc1cncc(-c2cn(-c3c(F)ccc(N=C(c4ccccc4)c4ccccc4)c3F)nn2)c1.N=C(c1ccccc1)c1ccccc1. The third-order valence-electron chi connectivity index (χ3n) is 14.3. The summed E-state index contributed by atoms with van der Waals surface area (Å²) in [5.41, 5.74) is 11.9. The maximum absolute atomic E-state index is 15.7. The summed E-state index contributed by atoms with van der Waals surface area (Å²) in [5, 5.41) is 31.3. The van der Waals surface area contributed by atoms with Gasteiger partial charge >= 0.3 is 0 Å². The van der Waals surface area contributed by atoms with Crippen LogP contribution in [0.1, 0.15) is 35.1 Å². The van der Waals surface area contributed by atoms with Crippen molar-refractivity contribution in [1.29, 1.82) is 5.41 Å². The Bertz CT molecular complexity index is 4610. The number of aromatic nitrogens is 12. The third-order valence-corrected chi connectivity index (χ3v) is 15.0. The highest BCUT2D eigenvalue weighted by Gasteiger charge is 2.22. The van der Waals surface area contributed by atoms with Crippen molar-refractivity contribution in [2.24, 2.45) is 4.99 Å². The fourth-order valence-corrected chi connectivity index (χ4v) is 9.66. The summed E-state index contributed by atoms with van der Waals surface area (Å²) in [7, 11) is 4.55. The largest absolute Gasteiger partial charge is 0.495 e. The molecular weight excluding hydrogens is 1330 g/mol. The van der Waals surface area contributed by atoms with E-state index in [1.807, 2.05) is 121 Å². The Morgan fingerprint density at radius 1 is 0.459 bits per heavy atom. The summed E-state index contributed by atoms with van der Waals surface area (Å²) in [5.74, 6) is -3.19. The highest BCUT2D eigenvalue weighted by molar-refractivity contribution is 9.10. The maximum atomic E-state index is 15.7. The van der Waals surface area contributed by atoms with Gasteiger partial charge in [-0.2, -0.15) is 0 Å². The molecule has 7 aromatic carbocycles. The molecule has 0 saturated carbocycles. The topological polar surface area (TPSA) is 230 Å². The van der Waals surface area contributed by atoms with E-state index < -0.39 is 34.9 Å². The lowest BCUT2D eigenvalue weighted by molar-refractivity contribution is 0.198. The first-order valence-electron chi connectivity index (χ1n) is 29.8. The smallest absolute Gasteiger partial charge is 0.177 e. The summed E-state index contributed by atoms with van der Waals surface area (Å²) >= 11 is 3.02. The van der Waals surface area contributed by atoms with Crippen LogP contribution in [0, 0.1) is 40.3 Å². The number of nitrogens with zero attached hydrogens (tertiary/aromatic N) is 13. The number of hydrogen-bond acceptors (Lipinski definition) is 16. The van der Waals surface area contributed by atoms with Crippen molar-refractivity contribution in [3.05, 3.63) is 293 Å². The Hall–Kier alpha value is -12.0. The lowest BCUT2D eigenvalue weighted by Gasteiger charge is -2.10. The van der Waals surface area contributed by atoms with Crippen LogP contribution in [0.2, 0.25) is 0 Å². The number of benzene rings is 7. The van der Waals surface area contributed by atoms with E-state index in [1.165, 1.54) is 77.2 Å². The average Bonchev–Trinajstić information content (AvgIpc) is 1.52. The van der Waals surface area contributed by atoms with Crippen LogP contribution in [0.3, 0.4) is 0 Å². The number of nitrogens with two attached hydrogens (primary N) is 1. The Morgan fingerprint density at radius 3 is 1.19 bits per heavy atom. The molecule has 0 amide bonds. The second kappa shape index (κ2) is 33.4. The molecule has 1 aliphatic rings. The number of rotatable bonds is 14. The molecule has 0 unspecified atom stereocenters. The van der Waals surface area contributed by atoms with E-state index in [-0.39, 0.29) is 32.9 Å². The van der Waals surface area contributed by atoms with E-state index in [0.29, 0.717) is 62.4 Å². The van der Waals surface area contributed by atoms with Crippen molar-refractivity contribution >= 4 is 38.7 Å². The summed E-state index contributed by atoms with van der Waals surface area (Å²) in [6, 6.07) is 50.6. The second-order valence-electron chi connectivity index (χ2n) is 20.8. The van der Waals surface area contributed by atoms with E-state index in [4.69, 9.17) is 30.1 Å². The molecule has 0 atom stereocenters. The molecule has 1 fully saturated rings. The minimum absolute atomic E-state index is 0.0239. The van der Waals surface area contributed by atoms with Crippen LogP contribution < -0.4 is 19.9 Å². The van der Waals surface area contributed by atoms with Crippen molar-refractivity contribution in [2.75, 3.05) is 40.3 Å². The second-order valence-corrected chi connectivity index (χ2v) is 21.7. The van der Waals surface area contributed by atoms with Crippen LogP contribution >= 0.6 is 15.9 Å². The van der Waals surface area contributed by atoms with E-state index in [1.54, 1.807) is 49.2 Å². The van der Waals surface area contributed by atoms with Crippen molar-refractivity contribution < 1.29 is 45.3 Å². The maximum Gasteiger partial charge on any atom is 0.177 e. The highest BCUT2D eigenvalue weighted by atomic mass is 79.9. The minimum Gasteiger partial charge on any atom is -0.495 e. The van der Waals surface area contributed by atoms with E-state index >= 15 is 4.39 Å². The van der Waals surface area contributed by atoms with Gasteiger partial charge in [-0.05, 0) is 94.5 Å². The van der Waals surface area contributed by atoms with Gasteiger partial charge in [-0.15, -0.1) is 15.3 Å². The predicted octanol–water partition coefficient (Wildman–Crippen LogP) is 15.3. The molecule has 1 saturated heterocycles. The molecule has 0 aliphatic carbocycles. The molecule has 0 bridgehead atoms. The van der Waals surface area contributed by atoms with Gasteiger partial charge in [0.2, 0.25) is 0 Å². The molecule has 3 N–H and O–H groups in total. The Morgan fingerprint density at radius 2 is 0.816 bits per heavy atom. The van der Waals surface area contributed by atoms with Crippen LogP contribution in [0.25, 0.3) is 50.8 Å². The van der Waals surface area contributed by atoms with E-state index in [9.17, 15) is 22.0 Å². The summed E-state index contributed by atoms with van der Waals surface area (Å²) in [6.07, 6.45) is 16.1. The Labute approximate surface area is 566 Å². The van der Waals surface area contributed by atoms with Gasteiger partial charge in [0.1, 0.15) is 57.1 Å². The lowest BCUT2D eigenvalue weighted by Crippen LogP contribution is -2.05. The molecule has 6 aromatic heterocycles. The predicted molar refractivity (Wildman–Crippen MR) is 362 cm³/mol. The van der Waals surface area contributed by atoms with Crippen LogP contribution in [0.15, 0.2) is 241 Å². The molecule has 98 heavy (non-hydrogen) atoms. The molecule has 26 heteroatoms. The number of anilines is 1. The van der Waals surface area contributed by atoms with Crippen LogP contribution in [-0.4, -0.2) is 106 Å². The zero-order valence-electron chi connectivity index (χ0n) is 52.4. The number of pyridine rings is 3. The lowest BCUT2D eigenvalue weighted by atomic mass is 10.0. The summed E-state index contributed by atoms with van der Waals surface area (Å²) in [6.45, 7) is 2.00. The van der Waals surface area contributed by atoms with Crippen molar-refractivity contribution in [2.45, 2.75) is 12.8 Å². The number of ether oxygens (including phenoxy) is 4. The molecule has 13 aromatic rings. The Balaban J connectivity index is 0.000000144. The molecular formula is C72H58BrF6N15O4. The molecule has 0 radical (unpaired) electrons. The van der Waals surface area contributed by atoms with Gasteiger partial charge in [0.05, 0.1) is 80.1 Å². The fraction of sp³-hybridized carbons (Fsp3) is 0.0972. The minimum atomic E-state index is -0.889. The van der Waals surface area contributed by atoms with Gasteiger partial charge in [-0.25, -0.2) is 45.4 Å². The van der Waals surface area contributed by atoms with Crippen molar-refractivity contribution in [3.63, 3.8) is 0 Å². The zero-order chi connectivity index (χ0) is 68.9. The number of nitrogen functional groups attached to an aromatic ring is 1. The number of halogens is 7. The fourth-order valence-electron chi connectivity index (χ4n) is 9.34. The number of aliphatic imine (C=N–C) groups is 1. The molecule has 1 aliphatic heterocycles. The van der Waals surface area contributed by atoms with Gasteiger partial charge in [-0.3, -0.25) is 20.4 Å². The molecule has 7 heterocycles. The summed E-state index contributed by atoms with van der Waals surface area (Å²) in [4.78, 5) is 16.7. The van der Waals surface area contributed by atoms with Gasteiger partial charge in [0.25, 0.3) is 0 Å². The van der Waals surface area contributed by atoms with Gasteiger partial charge < -0.3 is 24.7 Å². The number of hydrogen-bond donors (Lipinski definition) is 2. The van der Waals surface area contributed by atoms with Gasteiger partial charge in [0.15, 0.2) is 34.9 Å². The molecule has 19 nitrogen and oxygen atoms in total. The van der Waals surface area contributed by atoms with Gasteiger partial charge in [-0.1, -0.05) is 137 Å². The van der Waals surface area contributed by atoms with Crippen LogP contribution in [0.5, 0.6) is 17.2 Å². The third kappa shape index (κ3) is 17.3. The number of nitrogens with one attached hydrogen (secondary N) is 1. The van der Waals surface area contributed by atoms with Crippen LogP contribution in [-0.2, 0) is 4.74 Å². The van der Waals surface area contributed by atoms with Crippen molar-refractivity contribution in [1.82, 2.24) is 59.9 Å². The monoisotopic (exact) mass is 1390 g/mol. The standard InChI is InChI=1S/C27H19F2N5O.C14H9BrF2N4O.C14H11F2N5O.C13H11N.C4H8O/c1-35-21-14-20(15-30-16-21)24-17-34(33-32-24)27-22(28)12-13-23(25(27)29)31-26(18-8-4-2-5-9-18)19-10-6-3-7-11-19;1-22-9-4-8(5-18-6-9)12-7-21(20-19-12)14-11(16)3-2-10(15)13(14)17;1-22-9-4-8(5-18-6-9)12-7-21(20-19-12)14-10(15)2-3-11(17)13(14)16;14-13(11-7-3-1-4-8-11)12-9-5-2-6-10-12;1-2-4-5-3-1/h2-17H,1H3;2-7H,1H3;2-7H,17H2,1H3;1-10,14H;1-4H2. The first-order valence-corrected chi connectivity index (χ1v) is 30.6. The quantitative estimate of drug-likeness (QED) is 0.0447. The van der Waals surface area contributed by atoms with Crippen molar-refractivity contribution in [3.8, 4) is 68.1 Å². The average molecular weight is 1390 g/mol. The van der Waals surface area contributed by atoms with Gasteiger partial charge in [0, 0.05) is 59.6 Å². The molecule has 0 spiro atoms. The van der Waals surface area contributed by atoms with E-state index in [2.05, 4.69) is 66.8 Å². The normalized spacial score (nSPS) is 11.2. The van der Waals surface area contributed by atoms with Crippen LogP contribution in [0.4, 0.5) is 37.7 Å². The first-order chi connectivity index (χ1) is 47.7. The summed E-state index contributed by atoms with van der Waals surface area (Å²) < 4.78 is 110. The van der Waals surface area contributed by atoms with E-state index in [0.717, 1.165) is 67.7 Å². The number of methoxy groups -OCH3 is 3. The molecule has 14 rings (SSSR count).